The molecule has 0 aliphatic carbocycles. The van der Waals surface area contributed by atoms with Crippen molar-refractivity contribution in [3.8, 4) is 5.75 Å². The number of hydrogen-bond acceptors (Lipinski definition) is 4. The highest BCUT2D eigenvalue weighted by Crippen LogP contribution is 2.27. The summed E-state index contributed by atoms with van der Waals surface area (Å²) < 4.78 is 0. The average Bonchev–Trinajstić information content (AvgIpc) is 2.54. The van der Waals surface area contributed by atoms with Crippen molar-refractivity contribution in [1.82, 2.24) is 5.32 Å². The number of hydrogen-bond donors (Lipinski definition) is 2. The van der Waals surface area contributed by atoms with E-state index in [0.29, 0.717) is 10.6 Å². The number of nitrogens with zero attached hydrogens (tertiary/aromatic N) is 1. The first-order valence-electron chi connectivity index (χ1n) is 7.02. The molecule has 1 aliphatic heterocycles. The van der Waals surface area contributed by atoms with Crippen molar-refractivity contribution in [2.45, 2.75) is 0 Å². The summed E-state index contributed by atoms with van der Waals surface area (Å²) in [6, 6.07) is 9.48. The number of urea groups is 1. The fraction of sp³-hybridized carbons (Fsp3) is 0. The van der Waals surface area contributed by atoms with E-state index in [-0.39, 0.29) is 22.0 Å². The molecular weight excluding hydrogens is 367 g/mol. The summed E-state index contributed by atoms with van der Waals surface area (Å²) in [5.74, 6) is -1.74. The van der Waals surface area contributed by atoms with Crippen LogP contribution in [0.5, 0.6) is 5.75 Å². The van der Waals surface area contributed by atoms with Gasteiger partial charge in [0.25, 0.3) is 11.8 Å². The molecular formula is C17H10Cl2N2O4. The summed E-state index contributed by atoms with van der Waals surface area (Å²) in [7, 11) is 0. The maximum Gasteiger partial charge on any atom is 0.335 e. The van der Waals surface area contributed by atoms with Crippen molar-refractivity contribution in [2.75, 3.05) is 4.90 Å². The van der Waals surface area contributed by atoms with Crippen LogP contribution in [0, 0.1) is 0 Å². The maximum absolute atomic E-state index is 12.7. The summed E-state index contributed by atoms with van der Waals surface area (Å²) >= 11 is 11.7. The summed E-state index contributed by atoms with van der Waals surface area (Å²) in [5.41, 5.74) is 0.403. The number of carbonyl (C=O) groups excluding carboxylic acids is 3. The van der Waals surface area contributed by atoms with Crippen molar-refractivity contribution in [2.24, 2.45) is 0 Å². The maximum atomic E-state index is 12.7. The first-order valence-corrected chi connectivity index (χ1v) is 7.78. The smallest absolute Gasteiger partial charge is 0.335 e. The van der Waals surface area contributed by atoms with Crippen LogP contribution in [0.4, 0.5) is 10.5 Å². The molecule has 2 aromatic rings. The van der Waals surface area contributed by atoms with Crippen molar-refractivity contribution in [3.63, 3.8) is 0 Å². The predicted octanol–water partition coefficient (Wildman–Crippen LogP) is 3.37. The van der Waals surface area contributed by atoms with Gasteiger partial charge in [0, 0.05) is 5.02 Å². The van der Waals surface area contributed by atoms with Crippen LogP contribution in [-0.2, 0) is 9.59 Å². The molecule has 0 saturated carbocycles. The Balaban J connectivity index is 2.03. The zero-order valence-electron chi connectivity index (χ0n) is 12.5. The number of carbonyl (C=O) groups is 3. The van der Waals surface area contributed by atoms with Crippen molar-refractivity contribution >= 4 is 52.8 Å². The minimum Gasteiger partial charge on any atom is -0.506 e. The number of halogens is 2. The monoisotopic (exact) mass is 376 g/mol. The molecule has 1 saturated heterocycles. The van der Waals surface area contributed by atoms with Crippen LogP contribution in [0.1, 0.15) is 5.56 Å². The van der Waals surface area contributed by atoms with Crippen LogP contribution < -0.4 is 10.2 Å². The number of aromatic hydroxyl groups is 1. The lowest BCUT2D eigenvalue weighted by Crippen LogP contribution is -2.54. The molecule has 0 atom stereocenters. The van der Waals surface area contributed by atoms with Crippen LogP contribution in [0.15, 0.2) is 48.0 Å². The van der Waals surface area contributed by atoms with Crippen molar-refractivity contribution < 1.29 is 19.5 Å². The molecule has 1 heterocycles. The number of anilines is 1. The van der Waals surface area contributed by atoms with Gasteiger partial charge in [-0.05, 0) is 42.0 Å². The highest BCUT2D eigenvalue weighted by molar-refractivity contribution is 6.39. The molecule has 1 aliphatic rings. The Labute approximate surface area is 152 Å². The molecule has 2 N–H and O–H groups in total. The second kappa shape index (κ2) is 6.58. The van der Waals surface area contributed by atoms with Gasteiger partial charge in [-0.15, -0.1) is 0 Å². The van der Waals surface area contributed by atoms with Crippen LogP contribution in [0.3, 0.4) is 0 Å². The number of imide groups is 2. The van der Waals surface area contributed by atoms with E-state index in [2.05, 4.69) is 5.32 Å². The van der Waals surface area contributed by atoms with Gasteiger partial charge in [-0.2, -0.15) is 0 Å². The largest absolute Gasteiger partial charge is 0.506 e. The molecule has 126 valence electrons. The molecule has 3 rings (SSSR count). The number of phenolic OH excluding ortho intramolecular Hbond substituents is 1. The topological polar surface area (TPSA) is 86.7 Å². The number of nitrogens with one attached hydrogen (secondary N) is 1. The molecule has 25 heavy (non-hydrogen) atoms. The van der Waals surface area contributed by atoms with Gasteiger partial charge in [0.15, 0.2) is 0 Å². The van der Waals surface area contributed by atoms with Gasteiger partial charge in [-0.25, -0.2) is 9.69 Å². The highest BCUT2D eigenvalue weighted by atomic mass is 35.5. The Morgan fingerprint density at radius 2 is 1.80 bits per heavy atom. The molecule has 2 aromatic carbocycles. The van der Waals surface area contributed by atoms with Gasteiger partial charge < -0.3 is 5.11 Å². The van der Waals surface area contributed by atoms with Crippen LogP contribution in [0.2, 0.25) is 10.0 Å². The second-order valence-corrected chi connectivity index (χ2v) is 5.99. The van der Waals surface area contributed by atoms with Gasteiger partial charge in [0.2, 0.25) is 0 Å². The van der Waals surface area contributed by atoms with Crippen LogP contribution in [-0.4, -0.2) is 23.0 Å². The number of phenols is 1. The Bertz CT molecular complexity index is 940. The molecule has 6 nitrogen and oxygen atoms in total. The zero-order chi connectivity index (χ0) is 18.1. The Morgan fingerprint density at radius 3 is 2.48 bits per heavy atom. The number of benzene rings is 2. The zero-order valence-corrected chi connectivity index (χ0v) is 14.0. The van der Waals surface area contributed by atoms with E-state index in [1.165, 1.54) is 36.4 Å². The van der Waals surface area contributed by atoms with E-state index in [0.717, 1.165) is 4.90 Å². The standard InChI is InChI=1S/C17H10Cl2N2O4/c18-10-2-1-3-11(8-10)21-16(24)12(15(23)20-17(21)25)6-9-4-5-14(22)13(19)7-9/h1-8,22H,(H,20,23,25)/b12-6+. The summed E-state index contributed by atoms with van der Waals surface area (Å²) in [6.07, 6.45) is 1.28. The van der Waals surface area contributed by atoms with Gasteiger partial charge >= 0.3 is 6.03 Å². The third kappa shape index (κ3) is 3.35. The molecule has 0 spiro atoms. The van der Waals surface area contributed by atoms with Crippen LogP contribution >= 0.6 is 23.2 Å². The third-order valence-corrected chi connectivity index (χ3v) is 3.99. The van der Waals surface area contributed by atoms with Crippen molar-refractivity contribution in [3.05, 3.63) is 63.6 Å². The Morgan fingerprint density at radius 1 is 1.04 bits per heavy atom. The average molecular weight is 377 g/mol. The normalized spacial score (nSPS) is 16.3. The lowest BCUT2D eigenvalue weighted by molar-refractivity contribution is -0.122. The van der Waals surface area contributed by atoms with Crippen molar-refractivity contribution in [1.29, 1.82) is 0 Å². The van der Waals surface area contributed by atoms with E-state index in [4.69, 9.17) is 23.2 Å². The molecule has 0 radical (unpaired) electrons. The fourth-order valence-corrected chi connectivity index (χ4v) is 2.66. The lowest BCUT2D eigenvalue weighted by Gasteiger charge is -2.26. The minimum atomic E-state index is -0.863. The molecule has 8 heteroatoms. The second-order valence-electron chi connectivity index (χ2n) is 5.15. The number of barbiturate groups is 1. The van der Waals surface area contributed by atoms with E-state index in [1.807, 2.05) is 0 Å². The molecule has 0 unspecified atom stereocenters. The number of rotatable bonds is 2. The highest BCUT2D eigenvalue weighted by Gasteiger charge is 2.36. The summed E-state index contributed by atoms with van der Waals surface area (Å²) in [5, 5.41) is 12.0. The first kappa shape index (κ1) is 17.0. The SMILES string of the molecule is O=C1NC(=O)N(c2cccc(Cl)c2)C(=O)/C1=C/c1ccc(O)c(Cl)c1. The molecule has 0 aromatic heterocycles. The molecule has 0 bridgehead atoms. The first-order chi connectivity index (χ1) is 11.9. The van der Waals surface area contributed by atoms with Gasteiger partial charge in [-0.1, -0.05) is 35.3 Å². The lowest BCUT2D eigenvalue weighted by atomic mass is 10.1. The molecule has 4 amide bonds. The summed E-state index contributed by atoms with van der Waals surface area (Å²) in [4.78, 5) is 37.6. The quantitative estimate of drug-likeness (QED) is 0.621. The Hall–Kier alpha value is -2.83. The van der Waals surface area contributed by atoms with Crippen LogP contribution in [0.25, 0.3) is 6.08 Å². The van der Waals surface area contributed by atoms with Gasteiger partial charge in [0.1, 0.15) is 11.3 Å². The summed E-state index contributed by atoms with van der Waals surface area (Å²) in [6.45, 7) is 0. The Kier molecular flexibility index (Phi) is 4.48. The fourth-order valence-electron chi connectivity index (χ4n) is 2.29. The van der Waals surface area contributed by atoms with E-state index >= 15 is 0 Å². The van der Waals surface area contributed by atoms with Gasteiger partial charge in [-0.3, -0.25) is 14.9 Å². The minimum absolute atomic E-state index is 0.0702. The third-order valence-electron chi connectivity index (χ3n) is 3.45. The van der Waals surface area contributed by atoms with Gasteiger partial charge in [0.05, 0.1) is 10.7 Å². The molecule has 1 fully saturated rings. The van der Waals surface area contributed by atoms with E-state index < -0.39 is 17.8 Å². The predicted molar refractivity (Wildman–Crippen MR) is 93.6 cm³/mol. The van der Waals surface area contributed by atoms with E-state index in [1.54, 1.807) is 12.1 Å². The van der Waals surface area contributed by atoms with E-state index in [9.17, 15) is 19.5 Å². The number of amides is 4.